The topological polar surface area (TPSA) is 38.3 Å². The maximum absolute atomic E-state index is 11.9. The van der Waals surface area contributed by atoms with Gasteiger partial charge >= 0.3 is 0 Å². The monoisotopic (exact) mass is 257 g/mol. The molecule has 0 aliphatic heterocycles. The third kappa shape index (κ3) is 2.59. The van der Waals surface area contributed by atoms with E-state index in [2.05, 4.69) is 17.9 Å². The Kier molecular flexibility index (Phi) is 3.89. The lowest BCUT2D eigenvalue weighted by Crippen LogP contribution is -2.40. The fourth-order valence-corrected chi connectivity index (χ4v) is 3.11. The first-order chi connectivity index (χ1) is 7.70. The second kappa shape index (κ2) is 5.21. The van der Waals surface area contributed by atoms with Crippen molar-refractivity contribution in [1.29, 1.82) is 0 Å². The molecule has 0 radical (unpaired) electrons. The summed E-state index contributed by atoms with van der Waals surface area (Å²) in [6.07, 6.45) is 3.32. The molecule has 0 bridgehead atoms. The minimum atomic E-state index is -0.0146. The van der Waals surface area contributed by atoms with Crippen LogP contribution in [0.1, 0.15) is 28.9 Å². The molecule has 1 aromatic heterocycles. The van der Waals surface area contributed by atoms with Crippen LogP contribution in [-0.4, -0.2) is 25.2 Å². The van der Waals surface area contributed by atoms with E-state index in [-0.39, 0.29) is 18.1 Å². The number of hydrogen-bond donors (Lipinski definition) is 2. The van der Waals surface area contributed by atoms with Gasteiger partial charge in [-0.2, -0.15) is 0 Å². The van der Waals surface area contributed by atoms with Crippen molar-refractivity contribution < 1.29 is 9.53 Å². The van der Waals surface area contributed by atoms with Crippen molar-refractivity contribution in [3.63, 3.8) is 0 Å². The van der Waals surface area contributed by atoms with E-state index in [1.807, 2.05) is 5.38 Å². The molecule has 3 nitrogen and oxygen atoms in total. The van der Waals surface area contributed by atoms with Crippen molar-refractivity contribution in [2.75, 3.05) is 7.11 Å². The molecule has 1 aliphatic rings. The van der Waals surface area contributed by atoms with E-state index < -0.39 is 0 Å². The normalized spacial score (nSPS) is 24.6. The fraction of sp³-hybridized carbons (Fsp3) is 0.545. The number of rotatable bonds is 3. The molecule has 1 aliphatic carbocycles. The predicted octanol–water partition coefficient (Wildman–Crippen LogP) is 2.33. The molecule has 1 aromatic rings. The van der Waals surface area contributed by atoms with Crippen LogP contribution in [0.2, 0.25) is 0 Å². The van der Waals surface area contributed by atoms with Crippen molar-refractivity contribution in [3.8, 4) is 0 Å². The van der Waals surface area contributed by atoms with E-state index in [0.717, 1.165) is 24.2 Å². The molecule has 0 saturated heterocycles. The van der Waals surface area contributed by atoms with Crippen LogP contribution in [0.5, 0.6) is 0 Å². The van der Waals surface area contributed by atoms with Crippen LogP contribution in [0.15, 0.2) is 16.3 Å². The van der Waals surface area contributed by atoms with Gasteiger partial charge in [0.1, 0.15) is 0 Å². The molecule has 88 valence electrons. The van der Waals surface area contributed by atoms with Gasteiger partial charge in [0.25, 0.3) is 5.91 Å². The molecule has 0 aromatic carbocycles. The van der Waals surface area contributed by atoms with Gasteiger partial charge in [0, 0.05) is 17.4 Å². The Hall–Kier alpha value is -0.520. The Morgan fingerprint density at radius 2 is 2.44 bits per heavy atom. The van der Waals surface area contributed by atoms with Gasteiger partial charge in [0.15, 0.2) is 0 Å². The first-order valence-electron chi connectivity index (χ1n) is 5.32. The van der Waals surface area contributed by atoms with Gasteiger partial charge in [-0.3, -0.25) is 4.79 Å². The zero-order valence-electron chi connectivity index (χ0n) is 9.10. The van der Waals surface area contributed by atoms with Crippen molar-refractivity contribution in [2.45, 2.75) is 36.3 Å². The summed E-state index contributed by atoms with van der Waals surface area (Å²) in [7, 11) is 1.70. The van der Waals surface area contributed by atoms with Crippen LogP contribution in [0, 0.1) is 0 Å². The van der Waals surface area contributed by atoms with E-state index in [1.165, 1.54) is 11.3 Å². The first kappa shape index (κ1) is 12.0. The molecule has 0 spiro atoms. The summed E-state index contributed by atoms with van der Waals surface area (Å²) in [5, 5.41) is 4.88. The Bertz CT molecular complexity index is 378. The summed E-state index contributed by atoms with van der Waals surface area (Å²) in [5.74, 6) is -0.0146. The minimum Gasteiger partial charge on any atom is -0.379 e. The minimum absolute atomic E-state index is 0.0146. The molecule has 16 heavy (non-hydrogen) atoms. The Morgan fingerprint density at radius 3 is 3.06 bits per heavy atom. The second-order valence-electron chi connectivity index (χ2n) is 3.95. The van der Waals surface area contributed by atoms with Crippen LogP contribution in [0.3, 0.4) is 0 Å². The van der Waals surface area contributed by atoms with Crippen LogP contribution in [0.4, 0.5) is 0 Å². The van der Waals surface area contributed by atoms with Crippen molar-refractivity contribution in [2.24, 2.45) is 0 Å². The number of ether oxygens (including phenoxy) is 1. The Labute approximate surface area is 105 Å². The molecule has 1 N–H and O–H groups in total. The summed E-state index contributed by atoms with van der Waals surface area (Å²) < 4.78 is 5.34. The highest BCUT2D eigenvalue weighted by Gasteiger charge is 2.28. The molecule has 2 unspecified atom stereocenters. The zero-order valence-corrected chi connectivity index (χ0v) is 10.8. The SMILES string of the molecule is COC1CCCC1NC(=O)c1cc(S)cs1. The van der Waals surface area contributed by atoms with Crippen molar-refractivity contribution >= 4 is 29.9 Å². The van der Waals surface area contributed by atoms with Crippen LogP contribution in [0.25, 0.3) is 0 Å². The van der Waals surface area contributed by atoms with Crippen molar-refractivity contribution in [3.05, 3.63) is 16.3 Å². The quantitative estimate of drug-likeness (QED) is 0.816. The highest BCUT2D eigenvalue weighted by molar-refractivity contribution is 7.80. The molecule has 1 heterocycles. The van der Waals surface area contributed by atoms with E-state index >= 15 is 0 Å². The number of methoxy groups -OCH3 is 1. The molecule has 2 atom stereocenters. The third-order valence-corrected chi connectivity index (χ3v) is 4.24. The molecule has 1 saturated carbocycles. The van der Waals surface area contributed by atoms with Gasteiger partial charge in [-0.25, -0.2) is 0 Å². The second-order valence-corrected chi connectivity index (χ2v) is 5.38. The average Bonchev–Trinajstić information content (AvgIpc) is 2.86. The van der Waals surface area contributed by atoms with Crippen LogP contribution in [-0.2, 0) is 4.74 Å². The highest BCUT2D eigenvalue weighted by atomic mass is 32.1. The zero-order chi connectivity index (χ0) is 11.5. The summed E-state index contributed by atoms with van der Waals surface area (Å²) in [6, 6.07) is 1.95. The smallest absolute Gasteiger partial charge is 0.261 e. The average molecular weight is 257 g/mol. The molecule has 2 rings (SSSR count). The van der Waals surface area contributed by atoms with Crippen LogP contribution >= 0.6 is 24.0 Å². The number of amides is 1. The van der Waals surface area contributed by atoms with Gasteiger partial charge in [0.05, 0.1) is 17.0 Å². The lowest BCUT2D eigenvalue weighted by atomic mass is 10.2. The maximum Gasteiger partial charge on any atom is 0.261 e. The van der Waals surface area contributed by atoms with Gasteiger partial charge in [-0.05, 0) is 25.3 Å². The highest BCUT2D eigenvalue weighted by Crippen LogP contribution is 2.23. The molecule has 5 heteroatoms. The standard InChI is InChI=1S/C11H15NO2S2/c1-14-9-4-2-3-8(9)12-11(13)10-5-7(15)6-16-10/h5-6,8-9,15H,2-4H2,1H3,(H,12,13). The van der Waals surface area contributed by atoms with Gasteiger partial charge in [0.2, 0.25) is 0 Å². The molecular formula is C11H15NO2S2. The van der Waals surface area contributed by atoms with E-state index in [9.17, 15) is 4.79 Å². The van der Waals surface area contributed by atoms with Gasteiger partial charge in [-0.1, -0.05) is 0 Å². The maximum atomic E-state index is 11.9. The Morgan fingerprint density at radius 1 is 1.62 bits per heavy atom. The molecule has 1 amide bonds. The van der Waals surface area contributed by atoms with E-state index in [1.54, 1.807) is 13.2 Å². The number of carbonyl (C=O) groups excluding carboxylic acids is 1. The predicted molar refractivity (Wildman–Crippen MR) is 67.5 cm³/mol. The number of carbonyl (C=O) groups is 1. The van der Waals surface area contributed by atoms with Crippen molar-refractivity contribution in [1.82, 2.24) is 5.32 Å². The number of thiol groups is 1. The summed E-state index contributed by atoms with van der Waals surface area (Å²) in [6.45, 7) is 0. The van der Waals surface area contributed by atoms with E-state index in [4.69, 9.17) is 4.74 Å². The molecule has 1 fully saturated rings. The Balaban J connectivity index is 1.97. The van der Waals surface area contributed by atoms with Crippen LogP contribution < -0.4 is 5.32 Å². The lowest BCUT2D eigenvalue weighted by molar-refractivity contribution is 0.0724. The number of thiophene rings is 1. The summed E-state index contributed by atoms with van der Waals surface area (Å²) in [4.78, 5) is 13.4. The lowest BCUT2D eigenvalue weighted by Gasteiger charge is -2.19. The molecular weight excluding hydrogens is 242 g/mol. The fourth-order valence-electron chi connectivity index (χ4n) is 2.06. The number of nitrogens with one attached hydrogen (secondary N) is 1. The summed E-state index contributed by atoms with van der Waals surface area (Å²) in [5.41, 5.74) is 0. The number of hydrogen-bond acceptors (Lipinski definition) is 4. The summed E-state index contributed by atoms with van der Waals surface area (Å²) >= 11 is 5.61. The largest absolute Gasteiger partial charge is 0.379 e. The van der Waals surface area contributed by atoms with Gasteiger partial charge in [-0.15, -0.1) is 24.0 Å². The van der Waals surface area contributed by atoms with E-state index in [0.29, 0.717) is 4.88 Å². The first-order valence-corrected chi connectivity index (χ1v) is 6.64. The van der Waals surface area contributed by atoms with Gasteiger partial charge < -0.3 is 10.1 Å². The third-order valence-electron chi connectivity index (χ3n) is 2.88.